The molecule has 2 N–H and O–H groups in total. The lowest BCUT2D eigenvalue weighted by atomic mass is 10.1. The van der Waals surface area contributed by atoms with E-state index in [1.54, 1.807) is 0 Å². The van der Waals surface area contributed by atoms with Crippen molar-refractivity contribution in [3.63, 3.8) is 0 Å². The van der Waals surface area contributed by atoms with Crippen LogP contribution in [0.2, 0.25) is 0 Å². The molecule has 0 aliphatic carbocycles. The summed E-state index contributed by atoms with van der Waals surface area (Å²) in [5, 5.41) is 4.39. The molecule has 0 fully saturated rings. The van der Waals surface area contributed by atoms with Crippen LogP contribution in [0.15, 0.2) is 0 Å². The average molecular weight is 181 g/mol. The number of anilines is 1. The van der Waals surface area contributed by atoms with E-state index in [4.69, 9.17) is 5.73 Å². The van der Waals surface area contributed by atoms with Crippen LogP contribution in [0.5, 0.6) is 0 Å². The lowest BCUT2D eigenvalue weighted by Gasteiger charge is -2.09. The fourth-order valence-electron chi connectivity index (χ4n) is 1.31. The average Bonchev–Trinajstić information content (AvgIpc) is 2.34. The first-order valence-corrected chi connectivity index (χ1v) is 4.85. The van der Waals surface area contributed by atoms with E-state index in [0.29, 0.717) is 5.92 Å². The van der Waals surface area contributed by atoms with Crippen molar-refractivity contribution in [3.8, 4) is 0 Å². The second kappa shape index (κ2) is 3.81. The predicted octanol–water partition coefficient (Wildman–Crippen LogP) is 2.13. The number of nitrogens with zero attached hydrogens (tertiary/aromatic N) is 2. The summed E-state index contributed by atoms with van der Waals surface area (Å²) in [5.74, 6) is 0.664. The summed E-state index contributed by atoms with van der Waals surface area (Å²) in [6.07, 6.45) is 1.18. The van der Waals surface area contributed by atoms with Crippen LogP contribution in [0.25, 0.3) is 0 Å². The Bertz CT molecular complexity index is 289. The van der Waals surface area contributed by atoms with Crippen LogP contribution >= 0.6 is 0 Å². The zero-order valence-corrected chi connectivity index (χ0v) is 8.96. The Hall–Kier alpha value is -0.990. The van der Waals surface area contributed by atoms with Gasteiger partial charge in [-0.25, -0.2) is 0 Å². The Kier molecular flexibility index (Phi) is 2.96. The van der Waals surface area contributed by atoms with Gasteiger partial charge in [0.05, 0.1) is 17.1 Å². The van der Waals surface area contributed by atoms with Crippen molar-refractivity contribution in [3.05, 3.63) is 11.4 Å². The number of hydrogen-bond acceptors (Lipinski definition) is 2. The zero-order chi connectivity index (χ0) is 10.0. The van der Waals surface area contributed by atoms with Gasteiger partial charge in [0.2, 0.25) is 0 Å². The van der Waals surface area contributed by atoms with Gasteiger partial charge in [0.1, 0.15) is 0 Å². The monoisotopic (exact) mass is 181 g/mol. The van der Waals surface area contributed by atoms with Crippen LogP contribution in [-0.2, 0) is 6.54 Å². The minimum Gasteiger partial charge on any atom is -0.396 e. The van der Waals surface area contributed by atoms with Crippen LogP contribution in [-0.4, -0.2) is 9.78 Å². The van der Waals surface area contributed by atoms with Crippen molar-refractivity contribution >= 4 is 5.69 Å². The molecule has 0 amide bonds. The van der Waals surface area contributed by atoms with Crippen molar-refractivity contribution in [2.24, 2.45) is 5.92 Å². The summed E-state index contributed by atoms with van der Waals surface area (Å²) >= 11 is 0. The number of rotatable bonds is 3. The lowest BCUT2D eigenvalue weighted by molar-refractivity contribution is 0.431. The largest absolute Gasteiger partial charge is 0.396 e. The van der Waals surface area contributed by atoms with E-state index in [1.807, 2.05) is 18.5 Å². The van der Waals surface area contributed by atoms with E-state index in [0.717, 1.165) is 23.6 Å². The van der Waals surface area contributed by atoms with Gasteiger partial charge >= 0.3 is 0 Å². The second-order valence-electron chi connectivity index (χ2n) is 3.78. The minimum absolute atomic E-state index is 0.664. The molecule has 0 saturated carbocycles. The van der Waals surface area contributed by atoms with E-state index in [-0.39, 0.29) is 0 Å². The third-order valence-corrected chi connectivity index (χ3v) is 2.62. The molecular weight excluding hydrogens is 162 g/mol. The SMILES string of the molecule is CCC(C)Cn1nc(C)c(N)c1C. The first-order valence-electron chi connectivity index (χ1n) is 4.85. The molecule has 1 heterocycles. The Morgan fingerprint density at radius 2 is 2.08 bits per heavy atom. The molecule has 1 aromatic rings. The van der Waals surface area contributed by atoms with Crippen molar-refractivity contribution in [1.82, 2.24) is 9.78 Å². The summed E-state index contributed by atoms with van der Waals surface area (Å²) in [7, 11) is 0. The summed E-state index contributed by atoms with van der Waals surface area (Å²) in [6.45, 7) is 9.37. The summed E-state index contributed by atoms with van der Waals surface area (Å²) in [6, 6.07) is 0. The molecule has 74 valence electrons. The molecule has 3 nitrogen and oxygen atoms in total. The molecule has 3 heteroatoms. The van der Waals surface area contributed by atoms with E-state index in [9.17, 15) is 0 Å². The van der Waals surface area contributed by atoms with Gasteiger partial charge in [0.25, 0.3) is 0 Å². The number of aromatic nitrogens is 2. The highest BCUT2D eigenvalue weighted by atomic mass is 15.3. The molecule has 1 rings (SSSR count). The van der Waals surface area contributed by atoms with E-state index in [1.165, 1.54) is 6.42 Å². The molecule has 0 saturated heterocycles. The Balaban J connectivity index is 2.83. The summed E-state index contributed by atoms with van der Waals surface area (Å²) in [4.78, 5) is 0. The topological polar surface area (TPSA) is 43.8 Å². The summed E-state index contributed by atoms with van der Waals surface area (Å²) in [5.41, 5.74) is 8.71. The highest BCUT2D eigenvalue weighted by Crippen LogP contribution is 2.16. The van der Waals surface area contributed by atoms with Crippen LogP contribution in [0.1, 0.15) is 31.7 Å². The molecule has 0 aromatic carbocycles. The number of nitrogen functional groups attached to an aromatic ring is 1. The van der Waals surface area contributed by atoms with Gasteiger partial charge in [-0.1, -0.05) is 20.3 Å². The fraction of sp³-hybridized carbons (Fsp3) is 0.700. The molecule has 0 radical (unpaired) electrons. The molecule has 13 heavy (non-hydrogen) atoms. The molecular formula is C10H19N3. The fourth-order valence-corrected chi connectivity index (χ4v) is 1.31. The Labute approximate surface area is 79.9 Å². The van der Waals surface area contributed by atoms with Gasteiger partial charge in [0.15, 0.2) is 0 Å². The van der Waals surface area contributed by atoms with Crippen molar-refractivity contribution < 1.29 is 0 Å². The number of aryl methyl sites for hydroxylation is 1. The lowest BCUT2D eigenvalue weighted by Crippen LogP contribution is -2.09. The second-order valence-corrected chi connectivity index (χ2v) is 3.78. The first-order chi connectivity index (χ1) is 6.06. The highest BCUT2D eigenvalue weighted by Gasteiger charge is 2.09. The number of hydrogen-bond donors (Lipinski definition) is 1. The van der Waals surface area contributed by atoms with E-state index in [2.05, 4.69) is 18.9 Å². The van der Waals surface area contributed by atoms with Gasteiger partial charge in [-0.15, -0.1) is 0 Å². The Morgan fingerprint density at radius 1 is 1.46 bits per heavy atom. The third-order valence-electron chi connectivity index (χ3n) is 2.62. The van der Waals surface area contributed by atoms with Crippen LogP contribution < -0.4 is 5.73 Å². The molecule has 0 bridgehead atoms. The molecule has 0 aliphatic rings. The van der Waals surface area contributed by atoms with Crippen LogP contribution in [0.4, 0.5) is 5.69 Å². The quantitative estimate of drug-likeness (QED) is 0.776. The van der Waals surface area contributed by atoms with E-state index < -0.39 is 0 Å². The van der Waals surface area contributed by atoms with Crippen molar-refractivity contribution in [1.29, 1.82) is 0 Å². The highest BCUT2D eigenvalue weighted by molar-refractivity contribution is 5.46. The smallest absolute Gasteiger partial charge is 0.0825 e. The maximum absolute atomic E-state index is 5.84. The first kappa shape index (κ1) is 10.1. The maximum atomic E-state index is 5.84. The van der Waals surface area contributed by atoms with E-state index >= 15 is 0 Å². The van der Waals surface area contributed by atoms with Crippen molar-refractivity contribution in [2.45, 2.75) is 40.7 Å². The third kappa shape index (κ3) is 2.02. The maximum Gasteiger partial charge on any atom is 0.0825 e. The summed E-state index contributed by atoms with van der Waals surface area (Å²) < 4.78 is 2.01. The van der Waals surface area contributed by atoms with Crippen LogP contribution in [0.3, 0.4) is 0 Å². The predicted molar refractivity (Wildman–Crippen MR) is 55.6 cm³/mol. The number of nitrogens with two attached hydrogens (primary N) is 1. The van der Waals surface area contributed by atoms with Crippen LogP contribution in [0, 0.1) is 19.8 Å². The standard InChI is InChI=1S/C10H19N3/c1-5-7(2)6-13-9(4)10(11)8(3)12-13/h7H,5-6,11H2,1-4H3. The normalized spacial score (nSPS) is 13.2. The van der Waals surface area contributed by atoms with Gasteiger partial charge in [0, 0.05) is 6.54 Å². The molecule has 0 spiro atoms. The van der Waals surface area contributed by atoms with Crippen molar-refractivity contribution in [2.75, 3.05) is 5.73 Å². The molecule has 1 unspecified atom stereocenters. The van der Waals surface area contributed by atoms with Gasteiger partial charge in [-0.05, 0) is 19.8 Å². The zero-order valence-electron chi connectivity index (χ0n) is 8.96. The molecule has 0 aliphatic heterocycles. The van der Waals surface area contributed by atoms with Gasteiger partial charge < -0.3 is 5.73 Å². The molecule has 1 aromatic heterocycles. The van der Waals surface area contributed by atoms with Gasteiger partial charge in [-0.2, -0.15) is 5.10 Å². The Morgan fingerprint density at radius 3 is 2.46 bits per heavy atom. The minimum atomic E-state index is 0.664. The molecule has 1 atom stereocenters. The van der Waals surface area contributed by atoms with Gasteiger partial charge in [-0.3, -0.25) is 4.68 Å².